The van der Waals surface area contributed by atoms with Crippen molar-refractivity contribution < 1.29 is 9.53 Å². The van der Waals surface area contributed by atoms with E-state index < -0.39 is 0 Å². The van der Waals surface area contributed by atoms with Gasteiger partial charge in [0.25, 0.3) is 5.91 Å². The molecule has 2 aromatic carbocycles. The predicted octanol–water partition coefficient (Wildman–Crippen LogP) is 4.68. The van der Waals surface area contributed by atoms with Crippen LogP contribution in [0, 0.1) is 13.8 Å². The largest absolute Gasteiger partial charge is 0.491 e. The Kier molecular flexibility index (Phi) is 7.69. The van der Waals surface area contributed by atoms with Gasteiger partial charge in [-0.2, -0.15) is 0 Å². The zero-order valence-corrected chi connectivity index (χ0v) is 18.8. The van der Waals surface area contributed by atoms with Gasteiger partial charge in [-0.05, 0) is 99.8 Å². The van der Waals surface area contributed by atoms with Gasteiger partial charge in [-0.1, -0.05) is 6.07 Å². The Morgan fingerprint density at radius 3 is 2.43 bits per heavy atom. The predicted molar refractivity (Wildman–Crippen MR) is 126 cm³/mol. The molecular weight excluding hydrogens is 394 g/mol. The van der Waals surface area contributed by atoms with Crippen molar-refractivity contribution in [3.8, 4) is 5.75 Å². The normalized spacial score (nSPS) is 14.7. The summed E-state index contributed by atoms with van der Waals surface area (Å²) in [7, 11) is 0. The summed E-state index contributed by atoms with van der Waals surface area (Å²) < 4.78 is 5.86. The Morgan fingerprint density at radius 1 is 1.07 bits per heavy atom. The third-order valence-corrected chi connectivity index (χ3v) is 5.61. The van der Waals surface area contributed by atoms with Crippen LogP contribution in [-0.4, -0.2) is 41.7 Å². The fourth-order valence-electron chi connectivity index (χ4n) is 3.43. The second-order valence-corrected chi connectivity index (χ2v) is 8.40. The maximum absolute atomic E-state index is 12.6. The fourth-order valence-corrected chi connectivity index (χ4v) is 3.75. The average molecular weight is 426 g/mol. The second kappa shape index (κ2) is 10.4. The molecule has 0 aromatic heterocycles. The molecule has 1 fully saturated rings. The minimum absolute atomic E-state index is 0.0477. The first-order chi connectivity index (χ1) is 14.4. The molecule has 30 heavy (non-hydrogen) atoms. The van der Waals surface area contributed by atoms with E-state index in [0.29, 0.717) is 11.7 Å². The number of rotatable bonds is 6. The summed E-state index contributed by atoms with van der Waals surface area (Å²) in [5, 5.41) is 6.94. The van der Waals surface area contributed by atoms with E-state index in [-0.39, 0.29) is 11.9 Å². The van der Waals surface area contributed by atoms with E-state index in [0.717, 1.165) is 42.9 Å². The summed E-state index contributed by atoms with van der Waals surface area (Å²) in [6.07, 6.45) is 3.40. The van der Waals surface area contributed by atoms with E-state index in [4.69, 9.17) is 17.0 Å². The van der Waals surface area contributed by atoms with Crippen molar-refractivity contribution in [2.75, 3.05) is 25.0 Å². The highest BCUT2D eigenvalue weighted by Crippen LogP contribution is 2.17. The number of benzene rings is 2. The first-order valence-electron chi connectivity index (χ1n) is 10.6. The van der Waals surface area contributed by atoms with Gasteiger partial charge in [0.05, 0.1) is 6.04 Å². The molecule has 0 spiro atoms. The highest BCUT2D eigenvalue weighted by atomic mass is 32.1. The molecule has 5 nitrogen and oxygen atoms in total. The smallest absolute Gasteiger partial charge is 0.253 e. The number of carbonyl (C=O) groups excluding carboxylic acids is 1. The third-order valence-electron chi connectivity index (χ3n) is 5.39. The lowest BCUT2D eigenvalue weighted by molar-refractivity contribution is 0.0724. The number of thiocarbonyl (C=S) groups is 1. The van der Waals surface area contributed by atoms with Crippen LogP contribution < -0.4 is 15.4 Å². The van der Waals surface area contributed by atoms with Crippen LogP contribution in [0.1, 0.15) is 47.7 Å². The van der Waals surface area contributed by atoms with Crippen molar-refractivity contribution in [1.29, 1.82) is 0 Å². The first-order valence-corrected chi connectivity index (χ1v) is 11.0. The minimum Gasteiger partial charge on any atom is -0.491 e. The highest BCUT2D eigenvalue weighted by molar-refractivity contribution is 7.80. The van der Waals surface area contributed by atoms with E-state index in [9.17, 15) is 4.79 Å². The van der Waals surface area contributed by atoms with Crippen molar-refractivity contribution in [2.24, 2.45) is 0 Å². The van der Waals surface area contributed by atoms with Crippen LogP contribution in [0.3, 0.4) is 0 Å². The van der Waals surface area contributed by atoms with Crippen LogP contribution >= 0.6 is 12.2 Å². The van der Waals surface area contributed by atoms with Gasteiger partial charge in [-0.15, -0.1) is 0 Å². The van der Waals surface area contributed by atoms with Crippen LogP contribution in [0.15, 0.2) is 42.5 Å². The Morgan fingerprint density at radius 2 is 1.77 bits per heavy atom. The Balaban J connectivity index is 1.45. The molecule has 3 rings (SSSR count). The first kappa shape index (κ1) is 22.1. The van der Waals surface area contributed by atoms with Gasteiger partial charge in [-0.3, -0.25) is 4.79 Å². The number of likely N-dealkylation sites (tertiary alicyclic amines) is 1. The average Bonchev–Trinajstić information content (AvgIpc) is 2.75. The molecule has 1 aliphatic heterocycles. The molecule has 1 heterocycles. The minimum atomic E-state index is 0.0477. The number of anilines is 1. The second-order valence-electron chi connectivity index (χ2n) is 7.99. The van der Waals surface area contributed by atoms with Crippen molar-refractivity contribution in [1.82, 2.24) is 10.2 Å². The summed E-state index contributed by atoms with van der Waals surface area (Å²) in [5.74, 6) is 0.971. The zero-order valence-electron chi connectivity index (χ0n) is 18.0. The molecule has 2 N–H and O–H groups in total. The number of nitrogens with zero attached hydrogens (tertiary/aromatic N) is 1. The lowest BCUT2D eigenvalue weighted by Crippen LogP contribution is -2.39. The Bertz CT molecular complexity index is 877. The lowest BCUT2D eigenvalue weighted by atomic mass is 10.1. The summed E-state index contributed by atoms with van der Waals surface area (Å²) in [5.41, 5.74) is 4.04. The van der Waals surface area contributed by atoms with Gasteiger partial charge in [0, 0.05) is 24.3 Å². The van der Waals surface area contributed by atoms with Crippen LogP contribution in [0.2, 0.25) is 0 Å². The van der Waals surface area contributed by atoms with E-state index in [1.54, 1.807) is 0 Å². The van der Waals surface area contributed by atoms with Gasteiger partial charge >= 0.3 is 0 Å². The molecule has 0 radical (unpaired) electrons. The maximum atomic E-state index is 12.6. The molecule has 0 saturated carbocycles. The maximum Gasteiger partial charge on any atom is 0.253 e. The Labute approximate surface area is 184 Å². The SMILES string of the molecule is Cc1ccc(OCC(C)NC(=S)Nc2ccc(C(=O)N3CCCCC3)cc2)cc1C. The summed E-state index contributed by atoms with van der Waals surface area (Å²) in [4.78, 5) is 14.5. The molecule has 0 bridgehead atoms. The van der Waals surface area contributed by atoms with Crippen molar-refractivity contribution in [3.63, 3.8) is 0 Å². The van der Waals surface area contributed by atoms with Crippen molar-refractivity contribution in [2.45, 2.75) is 46.1 Å². The number of piperidine rings is 1. The molecule has 160 valence electrons. The molecule has 1 amide bonds. The molecule has 1 unspecified atom stereocenters. The fraction of sp³-hybridized carbons (Fsp3) is 0.417. The molecular formula is C24H31N3O2S. The molecule has 1 atom stereocenters. The van der Waals surface area contributed by atoms with E-state index in [1.807, 2.05) is 48.2 Å². The third kappa shape index (κ3) is 6.20. The van der Waals surface area contributed by atoms with Crippen LogP contribution in [0.5, 0.6) is 5.75 Å². The number of nitrogens with one attached hydrogen (secondary N) is 2. The highest BCUT2D eigenvalue weighted by Gasteiger charge is 2.18. The standard InChI is InChI=1S/C24H31N3O2S/c1-17-7-12-22(15-18(17)2)29-16-19(3)25-24(30)26-21-10-8-20(9-11-21)23(28)27-13-5-4-6-14-27/h7-12,15,19H,4-6,13-14,16H2,1-3H3,(H2,25,26,30). The quantitative estimate of drug-likeness (QED) is 0.658. The Hall–Kier alpha value is -2.60. The van der Waals surface area contributed by atoms with Gasteiger partial charge < -0.3 is 20.3 Å². The topological polar surface area (TPSA) is 53.6 Å². The van der Waals surface area contributed by atoms with E-state index in [2.05, 4.69) is 30.5 Å². The summed E-state index contributed by atoms with van der Waals surface area (Å²) in [6.45, 7) is 8.41. The van der Waals surface area contributed by atoms with Gasteiger partial charge in [-0.25, -0.2) is 0 Å². The number of ether oxygens (including phenoxy) is 1. The van der Waals surface area contributed by atoms with Gasteiger partial charge in [0.1, 0.15) is 12.4 Å². The van der Waals surface area contributed by atoms with Crippen LogP contribution in [0.4, 0.5) is 5.69 Å². The number of amides is 1. The number of hydrogen-bond acceptors (Lipinski definition) is 3. The van der Waals surface area contributed by atoms with Crippen LogP contribution in [0.25, 0.3) is 0 Å². The monoisotopic (exact) mass is 425 g/mol. The lowest BCUT2D eigenvalue weighted by Gasteiger charge is -2.26. The van der Waals surface area contributed by atoms with E-state index >= 15 is 0 Å². The van der Waals surface area contributed by atoms with Gasteiger partial charge in [0.15, 0.2) is 5.11 Å². The molecule has 1 saturated heterocycles. The van der Waals surface area contributed by atoms with Crippen molar-refractivity contribution >= 4 is 28.9 Å². The molecule has 1 aliphatic rings. The van der Waals surface area contributed by atoms with Gasteiger partial charge in [0.2, 0.25) is 0 Å². The van der Waals surface area contributed by atoms with Crippen molar-refractivity contribution in [3.05, 3.63) is 59.2 Å². The molecule has 6 heteroatoms. The number of hydrogen-bond donors (Lipinski definition) is 2. The van der Waals surface area contributed by atoms with E-state index in [1.165, 1.54) is 17.5 Å². The number of aryl methyl sites for hydroxylation is 2. The van der Waals surface area contributed by atoms with Crippen LogP contribution in [-0.2, 0) is 0 Å². The number of carbonyl (C=O) groups is 1. The zero-order chi connectivity index (χ0) is 21.5. The molecule has 2 aromatic rings. The summed E-state index contributed by atoms with van der Waals surface area (Å²) in [6, 6.07) is 13.6. The molecule has 0 aliphatic carbocycles. The summed E-state index contributed by atoms with van der Waals surface area (Å²) >= 11 is 5.41.